The summed E-state index contributed by atoms with van der Waals surface area (Å²) in [6.45, 7) is 1.73. The molecule has 0 fully saturated rings. The summed E-state index contributed by atoms with van der Waals surface area (Å²) in [6, 6.07) is 9.73. The van der Waals surface area contributed by atoms with Crippen molar-refractivity contribution in [1.29, 1.82) is 0 Å². The van der Waals surface area contributed by atoms with Crippen molar-refractivity contribution in [3.8, 4) is 0 Å². The van der Waals surface area contributed by atoms with Crippen LogP contribution in [0, 0.1) is 6.92 Å². The molecule has 0 aromatic carbocycles. The van der Waals surface area contributed by atoms with E-state index in [0.29, 0.717) is 16.5 Å². The molecule has 0 spiro atoms. The summed E-state index contributed by atoms with van der Waals surface area (Å²) in [5, 5.41) is 0.293. The summed E-state index contributed by atoms with van der Waals surface area (Å²) in [7, 11) is 0. The molecule has 0 aliphatic carbocycles. The van der Waals surface area contributed by atoms with Crippen LogP contribution in [0.3, 0.4) is 0 Å². The lowest BCUT2D eigenvalue weighted by Gasteiger charge is -2.07. The lowest BCUT2D eigenvalue weighted by molar-refractivity contribution is 0.0467. The van der Waals surface area contributed by atoms with Gasteiger partial charge >= 0.3 is 5.97 Å². The number of carbonyl (C=O) groups excluding carboxylic acids is 1. The Hall–Kier alpha value is -2.73. The summed E-state index contributed by atoms with van der Waals surface area (Å²) in [4.78, 5) is 32.2. The van der Waals surface area contributed by atoms with Gasteiger partial charge in [0.05, 0.1) is 11.3 Å². The summed E-state index contributed by atoms with van der Waals surface area (Å²) >= 11 is 5.66. The van der Waals surface area contributed by atoms with Gasteiger partial charge in [0.2, 0.25) is 0 Å². The fourth-order valence-electron chi connectivity index (χ4n) is 2.16. The van der Waals surface area contributed by atoms with Crippen molar-refractivity contribution in [3.63, 3.8) is 0 Å². The van der Waals surface area contributed by atoms with Gasteiger partial charge in [-0.25, -0.2) is 14.8 Å². The standard InChI is InChI=1S/C16H12ClN3O3/c1-10-3-2-4-14-19-12(7-15(21)20(10)14)9-23-16(22)11-5-6-13(17)18-8-11/h2-8H,9H2,1H3. The molecule has 0 saturated carbocycles. The molecule has 116 valence electrons. The Morgan fingerprint density at radius 1 is 1.30 bits per heavy atom. The maximum atomic E-state index is 12.1. The van der Waals surface area contributed by atoms with Crippen molar-refractivity contribution in [1.82, 2.24) is 14.4 Å². The quantitative estimate of drug-likeness (QED) is 0.545. The van der Waals surface area contributed by atoms with Crippen molar-refractivity contribution in [3.05, 3.63) is 75.1 Å². The van der Waals surface area contributed by atoms with E-state index in [2.05, 4.69) is 9.97 Å². The zero-order valence-electron chi connectivity index (χ0n) is 12.2. The summed E-state index contributed by atoms with van der Waals surface area (Å²) in [5.74, 6) is -0.555. The van der Waals surface area contributed by atoms with Crippen LogP contribution < -0.4 is 5.56 Å². The molecular weight excluding hydrogens is 318 g/mol. The van der Waals surface area contributed by atoms with Gasteiger partial charge in [-0.3, -0.25) is 9.20 Å². The Labute approximate surface area is 136 Å². The first-order valence-corrected chi connectivity index (χ1v) is 7.19. The second-order valence-electron chi connectivity index (χ2n) is 4.89. The predicted octanol–water partition coefficient (Wildman–Crippen LogP) is 2.41. The molecule has 3 aromatic heterocycles. The zero-order valence-corrected chi connectivity index (χ0v) is 12.9. The summed E-state index contributed by atoms with van der Waals surface area (Å²) < 4.78 is 6.65. The third-order valence-electron chi connectivity index (χ3n) is 3.25. The lowest BCUT2D eigenvalue weighted by atomic mass is 10.3. The molecule has 0 radical (unpaired) electrons. The zero-order chi connectivity index (χ0) is 16.4. The maximum Gasteiger partial charge on any atom is 0.340 e. The molecule has 0 aliphatic heterocycles. The molecule has 0 unspecified atom stereocenters. The monoisotopic (exact) mass is 329 g/mol. The van der Waals surface area contributed by atoms with Crippen LogP contribution in [0.25, 0.3) is 5.65 Å². The second kappa shape index (κ2) is 6.18. The van der Waals surface area contributed by atoms with Gasteiger partial charge < -0.3 is 4.74 Å². The fraction of sp³-hybridized carbons (Fsp3) is 0.125. The third-order valence-corrected chi connectivity index (χ3v) is 3.47. The predicted molar refractivity (Wildman–Crippen MR) is 84.6 cm³/mol. The minimum Gasteiger partial charge on any atom is -0.456 e. The number of hydrogen-bond acceptors (Lipinski definition) is 5. The van der Waals surface area contributed by atoms with Crippen molar-refractivity contribution in [2.45, 2.75) is 13.5 Å². The maximum absolute atomic E-state index is 12.1. The smallest absolute Gasteiger partial charge is 0.340 e. The van der Waals surface area contributed by atoms with E-state index in [1.165, 1.54) is 28.8 Å². The number of rotatable bonds is 3. The highest BCUT2D eigenvalue weighted by atomic mass is 35.5. The lowest BCUT2D eigenvalue weighted by Crippen LogP contribution is -2.18. The Bertz CT molecular complexity index is 935. The van der Waals surface area contributed by atoms with E-state index in [1.807, 2.05) is 19.1 Å². The number of pyridine rings is 2. The molecule has 23 heavy (non-hydrogen) atoms. The number of ether oxygens (including phenoxy) is 1. The first kappa shape index (κ1) is 15.2. The van der Waals surface area contributed by atoms with Crippen LogP contribution in [0.4, 0.5) is 0 Å². The van der Waals surface area contributed by atoms with Crippen LogP contribution in [-0.2, 0) is 11.3 Å². The molecule has 7 heteroatoms. The molecule has 0 atom stereocenters. The Kier molecular flexibility index (Phi) is 4.08. The fourth-order valence-corrected chi connectivity index (χ4v) is 2.27. The number of esters is 1. The van der Waals surface area contributed by atoms with Crippen LogP contribution in [0.5, 0.6) is 0 Å². The van der Waals surface area contributed by atoms with Gasteiger partial charge in [0.25, 0.3) is 5.56 Å². The SMILES string of the molecule is Cc1cccc2nc(COC(=O)c3ccc(Cl)nc3)cc(=O)n12. The minimum atomic E-state index is -0.555. The van der Waals surface area contributed by atoms with E-state index in [1.54, 1.807) is 6.07 Å². The van der Waals surface area contributed by atoms with E-state index < -0.39 is 5.97 Å². The van der Waals surface area contributed by atoms with Crippen LogP contribution in [0.2, 0.25) is 5.15 Å². The number of aromatic nitrogens is 3. The first-order valence-electron chi connectivity index (χ1n) is 6.81. The Balaban J connectivity index is 1.81. The van der Waals surface area contributed by atoms with Crippen molar-refractivity contribution in [2.75, 3.05) is 0 Å². The molecule has 0 N–H and O–H groups in total. The highest BCUT2D eigenvalue weighted by Gasteiger charge is 2.10. The van der Waals surface area contributed by atoms with E-state index >= 15 is 0 Å². The van der Waals surface area contributed by atoms with Gasteiger partial charge in [-0.1, -0.05) is 17.7 Å². The average molecular weight is 330 g/mol. The van der Waals surface area contributed by atoms with Gasteiger partial charge in [-0.05, 0) is 31.2 Å². The molecular formula is C16H12ClN3O3. The van der Waals surface area contributed by atoms with Gasteiger partial charge in [-0.2, -0.15) is 0 Å². The second-order valence-corrected chi connectivity index (χ2v) is 5.28. The molecule has 6 nitrogen and oxygen atoms in total. The van der Waals surface area contributed by atoms with Crippen molar-refractivity contribution >= 4 is 23.2 Å². The normalized spacial score (nSPS) is 10.7. The number of fused-ring (bicyclic) bond motifs is 1. The van der Waals surface area contributed by atoms with Gasteiger partial charge in [0.1, 0.15) is 17.4 Å². The summed E-state index contributed by atoms with van der Waals surface area (Å²) in [5.41, 5.74) is 1.75. The minimum absolute atomic E-state index is 0.0961. The Morgan fingerprint density at radius 2 is 2.13 bits per heavy atom. The van der Waals surface area contributed by atoms with E-state index in [-0.39, 0.29) is 17.7 Å². The van der Waals surface area contributed by atoms with Crippen molar-refractivity contribution < 1.29 is 9.53 Å². The molecule has 0 aliphatic rings. The molecule has 0 bridgehead atoms. The van der Waals surface area contributed by atoms with Gasteiger partial charge in [0.15, 0.2) is 0 Å². The van der Waals surface area contributed by atoms with Gasteiger partial charge in [-0.15, -0.1) is 0 Å². The largest absolute Gasteiger partial charge is 0.456 e. The molecule has 3 aromatic rings. The topological polar surface area (TPSA) is 73.6 Å². The number of aryl methyl sites for hydroxylation is 1. The van der Waals surface area contributed by atoms with E-state index in [4.69, 9.17) is 16.3 Å². The number of carbonyl (C=O) groups is 1. The third kappa shape index (κ3) is 3.22. The van der Waals surface area contributed by atoms with Gasteiger partial charge in [0, 0.05) is 18.0 Å². The highest BCUT2D eigenvalue weighted by Crippen LogP contribution is 2.08. The van der Waals surface area contributed by atoms with E-state index in [0.717, 1.165) is 5.69 Å². The van der Waals surface area contributed by atoms with Crippen molar-refractivity contribution in [2.24, 2.45) is 0 Å². The average Bonchev–Trinajstić information content (AvgIpc) is 2.53. The first-order chi connectivity index (χ1) is 11.0. The molecule has 3 heterocycles. The summed E-state index contributed by atoms with van der Waals surface area (Å²) in [6.07, 6.45) is 1.33. The van der Waals surface area contributed by atoms with Crippen LogP contribution in [-0.4, -0.2) is 20.3 Å². The van der Waals surface area contributed by atoms with Crippen LogP contribution in [0.1, 0.15) is 21.7 Å². The molecule has 0 amide bonds. The van der Waals surface area contributed by atoms with Crippen LogP contribution >= 0.6 is 11.6 Å². The number of hydrogen-bond donors (Lipinski definition) is 0. The number of halogens is 1. The number of nitrogens with zero attached hydrogens (tertiary/aromatic N) is 3. The molecule has 3 rings (SSSR count). The molecule has 0 saturated heterocycles. The van der Waals surface area contributed by atoms with E-state index in [9.17, 15) is 9.59 Å². The Morgan fingerprint density at radius 3 is 2.87 bits per heavy atom. The van der Waals surface area contributed by atoms with Crippen LogP contribution in [0.15, 0.2) is 47.4 Å². The highest BCUT2D eigenvalue weighted by molar-refractivity contribution is 6.29.